The first-order valence-corrected chi connectivity index (χ1v) is 6.94. The van der Waals surface area contributed by atoms with E-state index < -0.39 is 17.7 Å². The van der Waals surface area contributed by atoms with Crippen LogP contribution in [0.25, 0.3) is 0 Å². The molecule has 19 heavy (non-hydrogen) atoms. The van der Waals surface area contributed by atoms with Gasteiger partial charge in [0, 0.05) is 10.5 Å². The second-order valence-electron chi connectivity index (χ2n) is 3.98. The lowest BCUT2D eigenvalue weighted by molar-refractivity contribution is 0.482. The first-order chi connectivity index (χ1) is 9.19. The van der Waals surface area contributed by atoms with Crippen LogP contribution in [0.4, 0.5) is 8.78 Å². The van der Waals surface area contributed by atoms with Crippen molar-refractivity contribution in [2.24, 2.45) is 5.84 Å². The van der Waals surface area contributed by atoms with Crippen molar-refractivity contribution in [1.82, 2.24) is 5.43 Å². The summed E-state index contributed by atoms with van der Waals surface area (Å²) in [7, 11) is 0. The third kappa shape index (κ3) is 2.78. The van der Waals surface area contributed by atoms with E-state index in [4.69, 9.17) is 5.84 Å². The van der Waals surface area contributed by atoms with Gasteiger partial charge in [0.05, 0.1) is 6.04 Å². The lowest BCUT2D eigenvalue weighted by Gasteiger charge is -2.20. The number of nitrogens with two attached hydrogens (primary N) is 1. The molecule has 0 aliphatic rings. The van der Waals surface area contributed by atoms with Gasteiger partial charge in [0.25, 0.3) is 0 Å². The summed E-state index contributed by atoms with van der Waals surface area (Å²) < 4.78 is 27.2. The van der Waals surface area contributed by atoms with Crippen molar-refractivity contribution in [2.75, 3.05) is 6.26 Å². The number of benzene rings is 2. The molecule has 0 aliphatic carbocycles. The van der Waals surface area contributed by atoms with Gasteiger partial charge >= 0.3 is 0 Å². The maximum absolute atomic E-state index is 13.9. The van der Waals surface area contributed by atoms with E-state index in [-0.39, 0.29) is 5.56 Å². The largest absolute Gasteiger partial charge is 0.271 e. The Hall–Kier alpha value is -1.43. The SMILES string of the molecule is CSc1ccccc1C(NN)c1cccc(F)c1F. The highest BCUT2D eigenvalue weighted by molar-refractivity contribution is 7.98. The van der Waals surface area contributed by atoms with E-state index in [2.05, 4.69) is 5.43 Å². The monoisotopic (exact) mass is 280 g/mol. The molecule has 2 nitrogen and oxygen atoms in total. The number of thioether (sulfide) groups is 1. The maximum Gasteiger partial charge on any atom is 0.163 e. The van der Waals surface area contributed by atoms with E-state index in [9.17, 15) is 8.78 Å². The summed E-state index contributed by atoms with van der Waals surface area (Å²) in [5, 5.41) is 0. The minimum absolute atomic E-state index is 0.198. The normalized spacial score (nSPS) is 12.4. The standard InChI is InChI=1S/C14H14F2N2S/c1-19-12-8-3-2-5-9(12)14(18-17)10-6-4-7-11(15)13(10)16/h2-8,14,18H,17H2,1H3. The van der Waals surface area contributed by atoms with Crippen molar-refractivity contribution >= 4 is 11.8 Å². The van der Waals surface area contributed by atoms with Gasteiger partial charge in [-0.15, -0.1) is 11.8 Å². The molecule has 3 N–H and O–H groups in total. The molecule has 0 spiro atoms. The predicted molar refractivity (Wildman–Crippen MR) is 73.7 cm³/mol. The van der Waals surface area contributed by atoms with Crippen LogP contribution in [0.3, 0.4) is 0 Å². The summed E-state index contributed by atoms with van der Waals surface area (Å²) in [5.41, 5.74) is 3.58. The summed E-state index contributed by atoms with van der Waals surface area (Å²) in [6, 6.07) is 11.0. The topological polar surface area (TPSA) is 38.0 Å². The molecule has 0 saturated heterocycles. The minimum Gasteiger partial charge on any atom is -0.271 e. The van der Waals surface area contributed by atoms with Gasteiger partial charge in [-0.3, -0.25) is 5.84 Å². The summed E-state index contributed by atoms with van der Waals surface area (Å²) >= 11 is 1.53. The van der Waals surface area contributed by atoms with Crippen LogP contribution in [0.2, 0.25) is 0 Å². The summed E-state index contributed by atoms with van der Waals surface area (Å²) in [6.07, 6.45) is 1.92. The Kier molecular flexibility index (Phi) is 4.52. The molecule has 0 bridgehead atoms. The third-order valence-corrected chi connectivity index (χ3v) is 3.72. The van der Waals surface area contributed by atoms with Gasteiger partial charge in [-0.2, -0.15) is 0 Å². The highest BCUT2D eigenvalue weighted by atomic mass is 32.2. The van der Waals surface area contributed by atoms with Gasteiger partial charge in [0.1, 0.15) is 0 Å². The fourth-order valence-corrected chi connectivity index (χ4v) is 2.63. The Morgan fingerprint density at radius 1 is 1.05 bits per heavy atom. The van der Waals surface area contributed by atoms with Crippen molar-refractivity contribution in [3.63, 3.8) is 0 Å². The van der Waals surface area contributed by atoms with Crippen molar-refractivity contribution < 1.29 is 8.78 Å². The molecule has 0 aliphatic heterocycles. The second kappa shape index (κ2) is 6.14. The first-order valence-electron chi connectivity index (χ1n) is 5.72. The molecule has 1 unspecified atom stereocenters. The van der Waals surface area contributed by atoms with Crippen LogP contribution < -0.4 is 11.3 Å². The molecule has 5 heteroatoms. The van der Waals surface area contributed by atoms with Crippen LogP contribution in [0, 0.1) is 11.6 Å². The molecule has 0 radical (unpaired) electrons. The Balaban J connectivity index is 2.53. The van der Waals surface area contributed by atoms with E-state index in [1.165, 1.54) is 23.9 Å². The van der Waals surface area contributed by atoms with Gasteiger partial charge in [-0.1, -0.05) is 30.3 Å². The molecular weight excluding hydrogens is 266 g/mol. The van der Waals surface area contributed by atoms with Crippen molar-refractivity contribution in [1.29, 1.82) is 0 Å². The fourth-order valence-electron chi connectivity index (χ4n) is 2.00. The summed E-state index contributed by atoms with van der Waals surface area (Å²) in [4.78, 5) is 0.967. The van der Waals surface area contributed by atoms with E-state index in [0.717, 1.165) is 16.5 Å². The first kappa shape index (κ1) is 14.0. The molecule has 0 saturated carbocycles. The van der Waals surface area contributed by atoms with E-state index in [0.29, 0.717) is 0 Å². The minimum atomic E-state index is -0.876. The molecule has 100 valence electrons. The Bertz CT molecular complexity index is 575. The predicted octanol–water partition coefficient (Wildman–Crippen LogP) is 3.24. The average Bonchev–Trinajstić information content (AvgIpc) is 2.45. The average molecular weight is 280 g/mol. The zero-order valence-corrected chi connectivity index (χ0v) is 11.2. The quantitative estimate of drug-likeness (QED) is 0.513. The number of hydrogen-bond acceptors (Lipinski definition) is 3. The zero-order valence-electron chi connectivity index (χ0n) is 10.4. The van der Waals surface area contributed by atoms with Crippen LogP contribution in [-0.2, 0) is 0 Å². The van der Waals surface area contributed by atoms with E-state index >= 15 is 0 Å². The summed E-state index contributed by atoms with van der Waals surface area (Å²) in [6.45, 7) is 0. The molecule has 0 amide bonds. The molecule has 2 aromatic carbocycles. The molecule has 0 fully saturated rings. The molecule has 0 aromatic heterocycles. The van der Waals surface area contributed by atoms with Crippen LogP contribution >= 0.6 is 11.8 Å². The van der Waals surface area contributed by atoms with Crippen LogP contribution in [0.5, 0.6) is 0 Å². The molecular formula is C14H14F2N2S. The van der Waals surface area contributed by atoms with Crippen LogP contribution in [0.15, 0.2) is 47.4 Å². The lowest BCUT2D eigenvalue weighted by Crippen LogP contribution is -2.30. The number of rotatable bonds is 4. The van der Waals surface area contributed by atoms with Crippen molar-refractivity contribution in [2.45, 2.75) is 10.9 Å². The number of halogens is 2. The Labute approximate surface area is 115 Å². The highest BCUT2D eigenvalue weighted by Gasteiger charge is 2.20. The van der Waals surface area contributed by atoms with Crippen LogP contribution in [0.1, 0.15) is 17.2 Å². The van der Waals surface area contributed by atoms with Crippen LogP contribution in [-0.4, -0.2) is 6.26 Å². The number of nitrogens with one attached hydrogen (secondary N) is 1. The number of hydrogen-bond donors (Lipinski definition) is 2. The van der Waals surface area contributed by atoms with Gasteiger partial charge in [0.15, 0.2) is 11.6 Å². The Morgan fingerprint density at radius 2 is 1.74 bits per heavy atom. The smallest absolute Gasteiger partial charge is 0.163 e. The van der Waals surface area contributed by atoms with Gasteiger partial charge in [-0.25, -0.2) is 14.2 Å². The molecule has 2 aromatic rings. The lowest BCUT2D eigenvalue weighted by atomic mass is 9.98. The van der Waals surface area contributed by atoms with Gasteiger partial charge < -0.3 is 0 Å². The second-order valence-corrected chi connectivity index (χ2v) is 4.83. The summed E-state index contributed by atoms with van der Waals surface area (Å²) in [5.74, 6) is 3.78. The molecule has 2 rings (SSSR count). The highest BCUT2D eigenvalue weighted by Crippen LogP contribution is 2.31. The van der Waals surface area contributed by atoms with Crippen molar-refractivity contribution in [3.8, 4) is 0 Å². The maximum atomic E-state index is 13.9. The molecule has 0 heterocycles. The van der Waals surface area contributed by atoms with E-state index in [1.54, 1.807) is 0 Å². The van der Waals surface area contributed by atoms with Crippen molar-refractivity contribution in [3.05, 3.63) is 65.2 Å². The number of hydrazine groups is 1. The zero-order chi connectivity index (χ0) is 13.8. The van der Waals surface area contributed by atoms with Gasteiger partial charge in [0.2, 0.25) is 0 Å². The Morgan fingerprint density at radius 3 is 2.42 bits per heavy atom. The van der Waals surface area contributed by atoms with E-state index in [1.807, 2.05) is 30.5 Å². The molecule has 1 atom stereocenters. The fraction of sp³-hybridized carbons (Fsp3) is 0.143. The third-order valence-electron chi connectivity index (χ3n) is 2.91. The van der Waals surface area contributed by atoms with Gasteiger partial charge in [-0.05, 0) is 24.0 Å².